The van der Waals surface area contributed by atoms with Crippen LogP contribution in [0.3, 0.4) is 0 Å². The molecule has 0 fully saturated rings. The Balaban J connectivity index is 1.98. The summed E-state index contributed by atoms with van der Waals surface area (Å²) in [7, 11) is 0. The largest absolute Gasteiger partial charge is 0.490 e. The van der Waals surface area contributed by atoms with Gasteiger partial charge in [-0.3, -0.25) is 9.59 Å². The highest BCUT2D eigenvalue weighted by atomic mass is 19.3. The second-order valence-electron chi connectivity index (χ2n) is 6.13. The highest BCUT2D eigenvalue weighted by Crippen LogP contribution is 2.30. The number of carbonyl (C=O) groups excluding carboxylic acids is 2. The van der Waals surface area contributed by atoms with E-state index in [-0.39, 0.29) is 36.5 Å². The smallest absolute Gasteiger partial charge is 0.387 e. The molecule has 0 aliphatic rings. The average molecular weight is 418 g/mol. The maximum Gasteiger partial charge on any atom is 0.387 e. The summed E-state index contributed by atoms with van der Waals surface area (Å²) >= 11 is 0. The number of benzene rings is 2. The number of halogens is 2. The van der Waals surface area contributed by atoms with E-state index < -0.39 is 6.61 Å². The summed E-state index contributed by atoms with van der Waals surface area (Å²) in [5.74, 6) is -0.415. The van der Waals surface area contributed by atoms with Crippen LogP contribution in [0.25, 0.3) is 6.08 Å². The van der Waals surface area contributed by atoms with Crippen LogP contribution in [0.15, 0.2) is 48.5 Å². The third-order valence-electron chi connectivity index (χ3n) is 3.90. The van der Waals surface area contributed by atoms with Gasteiger partial charge in [-0.1, -0.05) is 18.2 Å². The first kappa shape index (κ1) is 22.9. The Morgan fingerprint density at radius 3 is 2.57 bits per heavy atom. The second-order valence-corrected chi connectivity index (χ2v) is 6.13. The molecule has 0 saturated carbocycles. The quantitative estimate of drug-likeness (QED) is 0.576. The normalized spacial score (nSPS) is 10.8. The molecular formula is C22H24F2N2O4. The van der Waals surface area contributed by atoms with E-state index in [1.54, 1.807) is 31.2 Å². The molecule has 2 N–H and O–H groups in total. The lowest BCUT2D eigenvalue weighted by molar-refractivity contribution is -0.116. The van der Waals surface area contributed by atoms with Crippen LogP contribution in [0, 0.1) is 0 Å². The fourth-order valence-electron chi connectivity index (χ4n) is 2.60. The molecule has 0 aliphatic carbocycles. The van der Waals surface area contributed by atoms with Crippen LogP contribution >= 0.6 is 0 Å². The molecule has 0 aliphatic heterocycles. The first-order valence-corrected chi connectivity index (χ1v) is 9.47. The van der Waals surface area contributed by atoms with Gasteiger partial charge in [-0.2, -0.15) is 8.78 Å². The number of rotatable bonds is 10. The Labute approximate surface area is 173 Å². The van der Waals surface area contributed by atoms with Gasteiger partial charge >= 0.3 is 6.61 Å². The number of amides is 2. The van der Waals surface area contributed by atoms with Crippen molar-refractivity contribution in [2.24, 2.45) is 0 Å². The summed E-state index contributed by atoms with van der Waals surface area (Å²) in [6.45, 7) is 1.67. The third kappa shape index (κ3) is 7.20. The van der Waals surface area contributed by atoms with Gasteiger partial charge in [0.05, 0.1) is 6.61 Å². The van der Waals surface area contributed by atoms with E-state index in [0.29, 0.717) is 17.7 Å². The molecule has 6 nitrogen and oxygen atoms in total. The van der Waals surface area contributed by atoms with E-state index in [1.165, 1.54) is 24.3 Å². The van der Waals surface area contributed by atoms with E-state index in [9.17, 15) is 18.4 Å². The lowest BCUT2D eigenvalue weighted by Crippen LogP contribution is -2.23. The Bertz CT molecular complexity index is 900. The average Bonchev–Trinajstić information content (AvgIpc) is 2.72. The number of nitrogens with one attached hydrogen (secondary N) is 2. The number of alkyl halides is 2. The van der Waals surface area contributed by atoms with Gasteiger partial charge in [0, 0.05) is 24.7 Å². The molecule has 0 unspecified atom stereocenters. The standard InChI is InChI=1S/C22H24F2N2O4/c1-3-25-21(28)17-7-5-6-16(12-17)14-26-20(27)11-9-15-8-10-18(30-22(23)24)19(13-15)29-4-2/h5-13,22H,3-4,14H2,1-2H3,(H,25,28)(H,26,27)/b11-9+. The topological polar surface area (TPSA) is 76.7 Å². The molecule has 8 heteroatoms. The maximum atomic E-state index is 12.5. The minimum atomic E-state index is -2.96. The number of ether oxygens (including phenoxy) is 2. The first-order valence-electron chi connectivity index (χ1n) is 9.47. The van der Waals surface area contributed by atoms with E-state index in [4.69, 9.17) is 4.74 Å². The van der Waals surface area contributed by atoms with Crippen molar-refractivity contribution in [1.29, 1.82) is 0 Å². The summed E-state index contributed by atoms with van der Waals surface area (Å²) in [4.78, 5) is 24.0. The van der Waals surface area contributed by atoms with Crippen LogP contribution in [-0.4, -0.2) is 31.6 Å². The van der Waals surface area contributed by atoms with Crippen LogP contribution in [-0.2, 0) is 11.3 Å². The number of hydrogen-bond donors (Lipinski definition) is 2. The Kier molecular flexibility index (Phi) is 8.80. The van der Waals surface area contributed by atoms with E-state index in [2.05, 4.69) is 15.4 Å². The minimum absolute atomic E-state index is 0.0690. The molecule has 0 radical (unpaired) electrons. The van der Waals surface area contributed by atoms with Crippen molar-refractivity contribution in [2.45, 2.75) is 27.0 Å². The van der Waals surface area contributed by atoms with Gasteiger partial charge in [0.25, 0.3) is 5.91 Å². The first-order chi connectivity index (χ1) is 14.4. The lowest BCUT2D eigenvalue weighted by Gasteiger charge is -2.11. The van der Waals surface area contributed by atoms with Crippen molar-refractivity contribution in [2.75, 3.05) is 13.2 Å². The van der Waals surface area contributed by atoms with Crippen molar-refractivity contribution >= 4 is 17.9 Å². The van der Waals surface area contributed by atoms with Crippen LogP contribution in [0.2, 0.25) is 0 Å². The Morgan fingerprint density at radius 1 is 1.07 bits per heavy atom. The van der Waals surface area contributed by atoms with Crippen molar-refractivity contribution < 1.29 is 27.8 Å². The SMILES string of the molecule is CCNC(=O)c1cccc(CNC(=O)/C=C/c2ccc(OC(F)F)c(OCC)c2)c1. The van der Waals surface area contributed by atoms with Crippen LogP contribution < -0.4 is 20.1 Å². The van der Waals surface area contributed by atoms with Gasteiger partial charge in [0.2, 0.25) is 5.91 Å². The van der Waals surface area contributed by atoms with Crippen LogP contribution in [0.4, 0.5) is 8.78 Å². The summed E-state index contributed by atoms with van der Waals surface area (Å²) in [6.07, 6.45) is 2.86. The molecule has 0 saturated heterocycles. The van der Waals surface area contributed by atoms with Crippen LogP contribution in [0.1, 0.15) is 35.3 Å². The summed E-state index contributed by atoms with van der Waals surface area (Å²) in [6, 6.07) is 11.4. The van der Waals surface area contributed by atoms with Crippen LogP contribution in [0.5, 0.6) is 11.5 Å². The second kappa shape index (κ2) is 11.5. The zero-order valence-electron chi connectivity index (χ0n) is 16.8. The van der Waals surface area contributed by atoms with Gasteiger partial charge in [0.15, 0.2) is 11.5 Å². The molecule has 160 valence electrons. The van der Waals surface area contributed by atoms with E-state index >= 15 is 0 Å². The molecule has 30 heavy (non-hydrogen) atoms. The molecule has 2 aromatic rings. The molecule has 2 aromatic carbocycles. The number of carbonyl (C=O) groups is 2. The monoisotopic (exact) mass is 418 g/mol. The van der Waals surface area contributed by atoms with Crippen molar-refractivity contribution in [3.8, 4) is 11.5 Å². The molecule has 0 heterocycles. The fraction of sp³-hybridized carbons (Fsp3) is 0.273. The lowest BCUT2D eigenvalue weighted by atomic mass is 10.1. The highest BCUT2D eigenvalue weighted by Gasteiger charge is 2.11. The van der Waals surface area contributed by atoms with Gasteiger partial charge in [-0.15, -0.1) is 0 Å². The molecule has 0 atom stereocenters. The van der Waals surface area contributed by atoms with E-state index in [1.807, 2.05) is 13.0 Å². The third-order valence-corrected chi connectivity index (χ3v) is 3.90. The number of hydrogen-bond acceptors (Lipinski definition) is 4. The minimum Gasteiger partial charge on any atom is -0.490 e. The van der Waals surface area contributed by atoms with E-state index in [0.717, 1.165) is 5.56 Å². The molecule has 0 aromatic heterocycles. The van der Waals surface area contributed by atoms with Gasteiger partial charge in [0.1, 0.15) is 0 Å². The molecule has 2 rings (SSSR count). The Hall–Kier alpha value is -3.42. The van der Waals surface area contributed by atoms with Crippen molar-refractivity contribution in [1.82, 2.24) is 10.6 Å². The van der Waals surface area contributed by atoms with Gasteiger partial charge in [-0.05, 0) is 55.3 Å². The predicted octanol–water partition coefficient (Wildman–Crippen LogP) is 3.77. The predicted molar refractivity (Wildman–Crippen MR) is 110 cm³/mol. The molecular weight excluding hydrogens is 394 g/mol. The summed E-state index contributed by atoms with van der Waals surface area (Å²) in [5, 5.41) is 5.45. The van der Waals surface area contributed by atoms with Gasteiger partial charge in [-0.25, -0.2) is 0 Å². The Morgan fingerprint density at radius 2 is 1.87 bits per heavy atom. The highest BCUT2D eigenvalue weighted by molar-refractivity contribution is 5.94. The van der Waals surface area contributed by atoms with Gasteiger partial charge < -0.3 is 20.1 Å². The summed E-state index contributed by atoms with van der Waals surface area (Å²) in [5.41, 5.74) is 1.90. The molecule has 0 bridgehead atoms. The van der Waals surface area contributed by atoms with Crippen molar-refractivity contribution in [3.05, 3.63) is 65.2 Å². The summed E-state index contributed by atoms with van der Waals surface area (Å²) < 4.78 is 34.7. The zero-order valence-corrected chi connectivity index (χ0v) is 16.8. The fourth-order valence-corrected chi connectivity index (χ4v) is 2.60. The maximum absolute atomic E-state index is 12.5. The molecule has 2 amide bonds. The molecule has 0 spiro atoms. The van der Waals surface area contributed by atoms with Crippen molar-refractivity contribution in [3.63, 3.8) is 0 Å². The zero-order chi connectivity index (χ0) is 21.9.